The number of benzene rings is 1. The Morgan fingerprint density at radius 2 is 1.83 bits per heavy atom. The highest BCUT2D eigenvalue weighted by atomic mass is 19.1. The van der Waals surface area contributed by atoms with Crippen LogP contribution in [0.15, 0.2) is 18.2 Å². The summed E-state index contributed by atoms with van der Waals surface area (Å²) in [5.74, 6) is -0.0974. The number of nitrogens with zero attached hydrogens (tertiary/aromatic N) is 2. The SMILES string of the molecule is CCCN1CCN(Cc2cc(F)ccc2O)CC1. The molecule has 0 aromatic heterocycles. The third-order valence-electron chi connectivity index (χ3n) is 3.44. The molecule has 1 aromatic rings. The van der Waals surface area contributed by atoms with E-state index >= 15 is 0 Å². The van der Waals surface area contributed by atoms with Gasteiger partial charge < -0.3 is 10.0 Å². The molecule has 1 aliphatic rings. The van der Waals surface area contributed by atoms with Gasteiger partial charge in [0.25, 0.3) is 0 Å². The zero-order valence-corrected chi connectivity index (χ0v) is 10.9. The Morgan fingerprint density at radius 1 is 1.17 bits per heavy atom. The van der Waals surface area contributed by atoms with Crippen LogP contribution in [0.2, 0.25) is 0 Å². The second-order valence-electron chi connectivity index (χ2n) is 4.89. The average Bonchev–Trinajstić information content (AvgIpc) is 2.37. The van der Waals surface area contributed by atoms with E-state index in [9.17, 15) is 9.50 Å². The maximum absolute atomic E-state index is 13.1. The molecule has 4 heteroatoms. The molecule has 1 N–H and O–H groups in total. The van der Waals surface area contributed by atoms with Crippen molar-refractivity contribution in [2.45, 2.75) is 19.9 Å². The van der Waals surface area contributed by atoms with Gasteiger partial charge in [-0.25, -0.2) is 4.39 Å². The number of hydrogen-bond acceptors (Lipinski definition) is 3. The molecule has 0 unspecified atom stereocenters. The molecule has 0 saturated carbocycles. The molecule has 100 valence electrons. The Morgan fingerprint density at radius 3 is 2.50 bits per heavy atom. The molecule has 2 rings (SSSR count). The zero-order chi connectivity index (χ0) is 13.0. The quantitative estimate of drug-likeness (QED) is 0.888. The molecule has 1 heterocycles. The van der Waals surface area contributed by atoms with Crippen molar-refractivity contribution in [2.75, 3.05) is 32.7 Å². The number of aromatic hydroxyl groups is 1. The third kappa shape index (κ3) is 3.43. The molecule has 0 atom stereocenters. The Balaban J connectivity index is 1.89. The average molecular weight is 252 g/mol. The van der Waals surface area contributed by atoms with Crippen molar-refractivity contribution in [3.63, 3.8) is 0 Å². The summed E-state index contributed by atoms with van der Waals surface area (Å²) in [6.07, 6.45) is 1.19. The van der Waals surface area contributed by atoms with Crippen LogP contribution in [0.25, 0.3) is 0 Å². The summed E-state index contributed by atoms with van der Waals surface area (Å²) >= 11 is 0. The predicted molar refractivity (Wildman–Crippen MR) is 70.1 cm³/mol. The molecule has 0 spiro atoms. The summed E-state index contributed by atoms with van der Waals surface area (Å²) in [6.45, 7) is 8.06. The first-order valence-corrected chi connectivity index (χ1v) is 6.61. The van der Waals surface area contributed by atoms with E-state index in [0.717, 1.165) is 32.7 Å². The van der Waals surface area contributed by atoms with Crippen LogP contribution in [0.3, 0.4) is 0 Å². The van der Waals surface area contributed by atoms with Gasteiger partial charge in [0, 0.05) is 38.3 Å². The molecular formula is C14H21FN2O. The van der Waals surface area contributed by atoms with Crippen LogP contribution in [-0.4, -0.2) is 47.6 Å². The van der Waals surface area contributed by atoms with E-state index in [2.05, 4.69) is 16.7 Å². The Labute approximate surface area is 108 Å². The first kappa shape index (κ1) is 13.3. The smallest absolute Gasteiger partial charge is 0.123 e. The van der Waals surface area contributed by atoms with Gasteiger partial charge in [-0.2, -0.15) is 0 Å². The van der Waals surface area contributed by atoms with Crippen LogP contribution in [0.1, 0.15) is 18.9 Å². The second-order valence-corrected chi connectivity index (χ2v) is 4.89. The van der Waals surface area contributed by atoms with Gasteiger partial charge in [0.1, 0.15) is 11.6 Å². The number of halogens is 1. The van der Waals surface area contributed by atoms with Gasteiger partial charge in [-0.3, -0.25) is 4.90 Å². The van der Waals surface area contributed by atoms with Crippen molar-refractivity contribution >= 4 is 0 Å². The van der Waals surface area contributed by atoms with Crippen molar-refractivity contribution in [3.8, 4) is 5.75 Å². The maximum atomic E-state index is 13.1. The zero-order valence-electron chi connectivity index (χ0n) is 10.9. The van der Waals surface area contributed by atoms with Gasteiger partial charge in [-0.15, -0.1) is 0 Å². The van der Waals surface area contributed by atoms with Crippen molar-refractivity contribution in [1.82, 2.24) is 9.80 Å². The standard InChI is InChI=1S/C14H21FN2O/c1-2-5-16-6-8-17(9-7-16)11-12-10-13(15)3-4-14(12)18/h3-4,10,18H,2,5-9,11H2,1H3. The lowest BCUT2D eigenvalue weighted by Gasteiger charge is -2.34. The van der Waals surface area contributed by atoms with Gasteiger partial charge in [-0.1, -0.05) is 6.92 Å². The minimum Gasteiger partial charge on any atom is -0.508 e. The van der Waals surface area contributed by atoms with E-state index in [0.29, 0.717) is 12.1 Å². The van der Waals surface area contributed by atoms with Crippen LogP contribution < -0.4 is 0 Å². The first-order valence-electron chi connectivity index (χ1n) is 6.61. The summed E-state index contributed by atoms with van der Waals surface area (Å²) < 4.78 is 13.1. The summed E-state index contributed by atoms with van der Waals surface area (Å²) in [4.78, 5) is 4.71. The van der Waals surface area contributed by atoms with Crippen molar-refractivity contribution in [2.24, 2.45) is 0 Å². The van der Waals surface area contributed by atoms with Crippen LogP contribution >= 0.6 is 0 Å². The van der Waals surface area contributed by atoms with Crippen LogP contribution in [0.4, 0.5) is 4.39 Å². The number of hydrogen-bond donors (Lipinski definition) is 1. The fourth-order valence-corrected chi connectivity index (χ4v) is 2.41. The van der Waals surface area contributed by atoms with Crippen LogP contribution in [0.5, 0.6) is 5.75 Å². The lowest BCUT2D eigenvalue weighted by atomic mass is 10.1. The Hall–Kier alpha value is -1.13. The molecular weight excluding hydrogens is 231 g/mol. The van der Waals surface area contributed by atoms with E-state index in [4.69, 9.17) is 0 Å². The van der Waals surface area contributed by atoms with Crippen molar-refractivity contribution in [3.05, 3.63) is 29.6 Å². The minimum atomic E-state index is -0.285. The van der Waals surface area contributed by atoms with Gasteiger partial charge in [0.15, 0.2) is 0 Å². The highest BCUT2D eigenvalue weighted by molar-refractivity contribution is 5.32. The number of phenols is 1. The lowest BCUT2D eigenvalue weighted by Crippen LogP contribution is -2.45. The largest absolute Gasteiger partial charge is 0.508 e. The summed E-state index contributed by atoms with van der Waals surface area (Å²) in [5, 5.41) is 9.70. The molecule has 3 nitrogen and oxygen atoms in total. The van der Waals surface area contributed by atoms with Gasteiger partial charge in [0.05, 0.1) is 0 Å². The molecule has 1 fully saturated rings. The molecule has 1 saturated heterocycles. The Kier molecular flexibility index (Phi) is 4.55. The van der Waals surface area contributed by atoms with Crippen molar-refractivity contribution in [1.29, 1.82) is 0 Å². The molecule has 0 bridgehead atoms. The molecule has 0 amide bonds. The monoisotopic (exact) mass is 252 g/mol. The Bertz CT molecular complexity index is 389. The van der Waals surface area contributed by atoms with E-state index in [-0.39, 0.29) is 11.6 Å². The molecule has 0 radical (unpaired) electrons. The fraction of sp³-hybridized carbons (Fsp3) is 0.571. The van der Waals surface area contributed by atoms with Crippen molar-refractivity contribution < 1.29 is 9.50 Å². The first-order chi connectivity index (χ1) is 8.69. The van der Waals surface area contributed by atoms with Crippen LogP contribution in [0, 0.1) is 5.82 Å². The predicted octanol–water partition coefficient (Wildman–Crippen LogP) is 2.06. The number of piperazine rings is 1. The van der Waals surface area contributed by atoms with Gasteiger partial charge in [0.2, 0.25) is 0 Å². The topological polar surface area (TPSA) is 26.7 Å². The summed E-state index contributed by atoms with van der Waals surface area (Å²) in [6, 6.07) is 4.14. The molecule has 1 aromatic carbocycles. The number of phenolic OH excluding ortho intramolecular Hbond substituents is 1. The van der Waals surface area contributed by atoms with E-state index in [1.165, 1.54) is 24.6 Å². The minimum absolute atomic E-state index is 0.187. The van der Waals surface area contributed by atoms with Gasteiger partial charge >= 0.3 is 0 Å². The lowest BCUT2D eigenvalue weighted by molar-refractivity contribution is 0.126. The summed E-state index contributed by atoms with van der Waals surface area (Å²) in [7, 11) is 0. The fourth-order valence-electron chi connectivity index (χ4n) is 2.41. The second kappa shape index (κ2) is 6.16. The third-order valence-corrected chi connectivity index (χ3v) is 3.44. The van der Waals surface area contributed by atoms with E-state index in [1.54, 1.807) is 0 Å². The van der Waals surface area contributed by atoms with E-state index in [1.807, 2.05) is 0 Å². The summed E-state index contributed by atoms with van der Waals surface area (Å²) in [5.41, 5.74) is 0.680. The highest BCUT2D eigenvalue weighted by Crippen LogP contribution is 2.20. The molecule has 1 aliphatic heterocycles. The highest BCUT2D eigenvalue weighted by Gasteiger charge is 2.17. The van der Waals surface area contributed by atoms with Crippen LogP contribution in [-0.2, 0) is 6.54 Å². The molecule has 18 heavy (non-hydrogen) atoms. The van der Waals surface area contributed by atoms with E-state index < -0.39 is 0 Å². The number of rotatable bonds is 4. The van der Waals surface area contributed by atoms with Gasteiger partial charge in [-0.05, 0) is 31.2 Å². The maximum Gasteiger partial charge on any atom is 0.123 e. The normalized spacial score (nSPS) is 18.1. The molecule has 0 aliphatic carbocycles.